The first-order valence-electron chi connectivity index (χ1n) is 11.5. The summed E-state index contributed by atoms with van der Waals surface area (Å²) in [5, 5.41) is 9.17. The first-order chi connectivity index (χ1) is 14.6. The van der Waals surface area contributed by atoms with Gasteiger partial charge in [0.15, 0.2) is 0 Å². The van der Waals surface area contributed by atoms with Gasteiger partial charge in [-0.05, 0) is 105 Å². The van der Waals surface area contributed by atoms with Crippen molar-refractivity contribution in [2.24, 2.45) is 10.2 Å². The first kappa shape index (κ1) is 24.7. The molecule has 31 heavy (non-hydrogen) atoms. The minimum Gasteiger partial charge on any atom is -0.494 e. The molecule has 0 N–H and O–H groups in total. The summed E-state index contributed by atoms with van der Waals surface area (Å²) < 4.78 is 5.52. The van der Waals surface area contributed by atoms with Crippen LogP contribution >= 0.6 is 0 Å². The topological polar surface area (TPSA) is 40.4 Å². The summed E-state index contributed by atoms with van der Waals surface area (Å²) in [4.78, 5) is 4.85. The van der Waals surface area contributed by atoms with Crippen molar-refractivity contribution in [3.8, 4) is 5.75 Å². The number of ether oxygens (including phenoxy) is 1. The van der Waals surface area contributed by atoms with Crippen LogP contribution < -0.4 is 14.5 Å². The highest BCUT2D eigenvalue weighted by molar-refractivity contribution is 5.74. The van der Waals surface area contributed by atoms with E-state index in [2.05, 4.69) is 93.6 Å². The van der Waals surface area contributed by atoms with Crippen LogP contribution in [0.25, 0.3) is 0 Å². The van der Waals surface area contributed by atoms with Crippen molar-refractivity contribution in [1.82, 2.24) is 0 Å². The number of azo groups is 1. The molecule has 0 aromatic heterocycles. The van der Waals surface area contributed by atoms with Crippen LogP contribution in [0.5, 0.6) is 5.75 Å². The van der Waals surface area contributed by atoms with Gasteiger partial charge in [0.05, 0.1) is 18.0 Å². The zero-order chi connectivity index (χ0) is 23.1. The number of nitrogens with zero attached hydrogens (tertiary/aromatic N) is 4. The molecule has 0 aliphatic heterocycles. The third kappa shape index (κ3) is 6.46. The minimum absolute atomic E-state index is 0.348. The first-order valence-corrected chi connectivity index (χ1v) is 11.5. The molecule has 0 fully saturated rings. The van der Waals surface area contributed by atoms with Crippen molar-refractivity contribution in [2.45, 2.75) is 86.5 Å². The Balaban J connectivity index is 2.49. The summed E-state index contributed by atoms with van der Waals surface area (Å²) in [7, 11) is 0. The van der Waals surface area contributed by atoms with Gasteiger partial charge in [-0.15, -0.1) is 5.11 Å². The SMILES string of the molecule is CCOc1ccc(N=Nc2ccc(N(C(C)C)C(C)C)cc2N(C(C)C)C(C)C)cc1. The Morgan fingerprint density at radius 1 is 0.710 bits per heavy atom. The predicted octanol–water partition coefficient (Wildman–Crippen LogP) is 7.75. The molecule has 0 saturated carbocycles. The average Bonchev–Trinajstić information content (AvgIpc) is 2.67. The average molecular weight is 425 g/mol. The van der Waals surface area contributed by atoms with E-state index in [4.69, 9.17) is 4.74 Å². The maximum Gasteiger partial charge on any atom is 0.119 e. The summed E-state index contributed by atoms with van der Waals surface area (Å²) in [6, 6.07) is 15.8. The third-order valence-corrected chi connectivity index (χ3v) is 5.18. The molecule has 0 radical (unpaired) electrons. The van der Waals surface area contributed by atoms with Crippen LogP contribution in [0.15, 0.2) is 52.7 Å². The van der Waals surface area contributed by atoms with Crippen molar-refractivity contribution in [1.29, 1.82) is 0 Å². The molecule has 0 amide bonds. The van der Waals surface area contributed by atoms with E-state index in [1.165, 1.54) is 5.69 Å². The Labute approximate surface area is 189 Å². The van der Waals surface area contributed by atoms with E-state index in [0.717, 1.165) is 22.8 Å². The van der Waals surface area contributed by atoms with Crippen LogP contribution in [0.1, 0.15) is 62.3 Å². The molecule has 2 rings (SSSR count). The molecule has 0 atom stereocenters. The highest BCUT2D eigenvalue weighted by Crippen LogP contribution is 2.37. The van der Waals surface area contributed by atoms with E-state index in [-0.39, 0.29) is 0 Å². The van der Waals surface area contributed by atoms with Gasteiger partial charge in [0, 0.05) is 29.9 Å². The quantitative estimate of drug-likeness (QED) is 0.366. The van der Waals surface area contributed by atoms with Crippen LogP contribution in [-0.2, 0) is 0 Å². The standard InChI is InChI=1S/C26H40N4O/c1-10-31-24-14-11-22(12-15-24)27-28-25-16-13-23(29(18(2)3)19(4)5)17-26(25)30(20(6)7)21(8)9/h11-21H,10H2,1-9H3. The highest BCUT2D eigenvalue weighted by Gasteiger charge is 2.21. The summed E-state index contributed by atoms with van der Waals surface area (Å²) in [5.74, 6) is 0.847. The van der Waals surface area contributed by atoms with E-state index < -0.39 is 0 Å². The number of anilines is 2. The minimum atomic E-state index is 0.348. The lowest BCUT2D eigenvalue weighted by Gasteiger charge is -2.37. The van der Waals surface area contributed by atoms with Gasteiger partial charge in [0.25, 0.3) is 0 Å². The summed E-state index contributed by atoms with van der Waals surface area (Å²) in [6.45, 7) is 20.5. The maximum absolute atomic E-state index is 5.52. The van der Waals surface area contributed by atoms with E-state index >= 15 is 0 Å². The molecule has 0 unspecified atom stereocenters. The van der Waals surface area contributed by atoms with E-state index in [1.54, 1.807) is 0 Å². The molecule has 2 aromatic carbocycles. The van der Waals surface area contributed by atoms with E-state index in [9.17, 15) is 0 Å². The van der Waals surface area contributed by atoms with Gasteiger partial charge in [-0.25, -0.2) is 0 Å². The predicted molar refractivity (Wildman–Crippen MR) is 134 cm³/mol. The summed E-state index contributed by atoms with van der Waals surface area (Å²) in [6.07, 6.45) is 0. The van der Waals surface area contributed by atoms with Crippen LogP contribution in [0, 0.1) is 0 Å². The molecule has 5 nitrogen and oxygen atoms in total. The Bertz CT molecular complexity index is 825. The number of hydrogen-bond acceptors (Lipinski definition) is 5. The smallest absolute Gasteiger partial charge is 0.119 e. The largest absolute Gasteiger partial charge is 0.494 e. The molecule has 0 spiro atoms. The fourth-order valence-corrected chi connectivity index (χ4v) is 4.20. The number of hydrogen-bond donors (Lipinski definition) is 0. The Morgan fingerprint density at radius 3 is 1.74 bits per heavy atom. The normalized spacial score (nSPS) is 11.9. The van der Waals surface area contributed by atoms with E-state index in [0.29, 0.717) is 30.8 Å². The Hall–Kier alpha value is -2.56. The molecular formula is C26H40N4O. The van der Waals surface area contributed by atoms with Gasteiger partial charge in [0.1, 0.15) is 11.4 Å². The summed E-state index contributed by atoms with van der Waals surface area (Å²) in [5.41, 5.74) is 4.02. The zero-order valence-electron chi connectivity index (χ0n) is 20.8. The number of benzene rings is 2. The molecule has 2 aromatic rings. The lowest BCUT2D eigenvalue weighted by Crippen LogP contribution is -2.39. The van der Waals surface area contributed by atoms with Crippen molar-refractivity contribution >= 4 is 22.7 Å². The Kier molecular flexibility index (Phi) is 8.90. The third-order valence-electron chi connectivity index (χ3n) is 5.18. The van der Waals surface area contributed by atoms with Gasteiger partial charge < -0.3 is 14.5 Å². The molecule has 170 valence electrons. The van der Waals surface area contributed by atoms with Gasteiger partial charge >= 0.3 is 0 Å². The monoisotopic (exact) mass is 424 g/mol. The van der Waals surface area contributed by atoms with Crippen LogP contribution in [-0.4, -0.2) is 30.8 Å². The zero-order valence-corrected chi connectivity index (χ0v) is 20.8. The van der Waals surface area contributed by atoms with Crippen LogP contribution in [0.2, 0.25) is 0 Å². The second-order valence-corrected chi connectivity index (χ2v) is 8.99. The second kappa shape index (κ2) is 11.2. The summed E-state index contributed by atoms with van der Waals surface area (Å²) >= 11 is 0. The second-order valence-electron chi connectivity index (χ2n) is 8.99. The van der Waals surface area contributed by atoms with Crippen LogP contribution in [0.3, 0.4) is 0 Å². The molecular weight excluding hydrogens is 384 g/mol. The highest BCUT2D eigenvalue weighted by atomic mass is 16.5. The van der Waals surface area contributed by atoms with Gasteiger partial charge in [-0.1, -0.05) is 0 Å². The van der Waals surface area contributed by atoms with Crippen molar-refractivity contribution < 1.29 is 4.74 Å². The molecule has 0 aliphatic carbocycles. The maximum atomic E-state index is 5.52. The van der Waals surface area contributed by atoms with Gasteiger partial charge in [-0.3, -0.25) is 0 Å². The van der Waals surface area contributed by atoms with E-state index in [1.807, 2.05) is 31.2 Å². The number of rotatable bonds is 10. The lowest BCUT2D eigenvalue weighted by atomic mass is 10.1. The van der Waals surface area contributed by atoms with Crippen molar-refractivity contribution in [2.75, 3.05) is 16.4 Å². The molecule has 0 bridgehead atoms. The lowest BCUT2D eigenvalue weighted by molar-refractivity contribution is 0.340. The molecule has 5 heteroatoms. The Morgan fingerprint density at radius 2 is 1.26 bits per heavy atom. The van der Waals surface area contributed by atoms with Crippen molar-refractivity contribution in [3.05, 3.63) is 42.5 Å². The molecule has 0 heterocycles. The fraction of sp³-hybridized carbons (Fsp3) is 0.538. The van der Waals surface area contributed by atoms with Gasteiger partial charge in [-0.2, -0.15) is 5.11 Å². The molecule has 0 aliphatic rings. The van der Waals surface area contributed by atoms with Gasteiger partial charge in [0.2, 0.25) is 0 Å². The fourth-order valence-electron chi connectivity index (χ4n) is 4.20. The molecule has 0 saturated heterocycles. The van der Waals surface area contributed by atoms with Crippen LogP contribution in [0.4, 0.5) is 22.7 Å². The van der Waals surface area contributed by atoms with Crippen molar-refractivity contribution in [3.63, 3.8) is 0 Å².